The first-order valence-corrected chi connectivity index (χ1v) is 4.61. The van der Waals surface area contributed by atoms with Gasteiger partial charge in [-0.2, -0.15) is 0 Å². The Morgan fingerprint density at radius 3 is 2.77 bits per heavy atom. The predicted octanol–water partition coefficient (Wildman–Crippen LogP) is 2.39. The minimum atomic E-state index is -0.389. The van der Waals surface area contributed by atoms with Gasteiger partial charge in [-0.1, -0.05) is 24.9 Å². The minimum Gasteiger partial charge on any atom is -0.366 e. The molecule has 1 rings (SSSR count). The summed E-state index contributed by atoms with van der Waals surface area (Å²) in [6.07, 6.45) is 1.81. The summed E-state index contributed by atoms with van der Waals surface area (Å²) in [4.78, 5) is 11.0. The van der Waals surface area contributed by atoms with Crippen LogP contribution in [0.15, 0.2) is 18.2 Å². The van der Waals surface area contributed by atoms with Gasteiger partial charge in [0.1, 0.15) is 0 Å². The van der Waals surface area contributed by atoms with Crippen molar-refractivity contribution in [2.75, 3.05) is 0 Å². The summed E-state index contributed by atoms with van der Waals surface area (Å²) >= 11 is 5.81. The molecule has 0 radical (unpaired) electrons. The molecular weight excluding hydrogens is 186 g/mol. The van der Waals surface area contributed by atoms with Gasteiger partial charge in [-0.15, -0.1) is 0 Å². The Bertz CT molecular complexity index is 323. The third-order valence-electron chi connectivity index (χ3n) is 1.85. The molecule has 0 aliphatic carbocycles. The average molecular weight is 198 g/mol. The monoisotopic (exact) mass is 197 g/mol. The van der Waals surface area contributed by atoms with Gasteiger partial charge in [0.25, 0.3) is 0 Å². The molecule has 1 aromatic carbocycles. The van der Waals surface area contributed by atoms with Crippen LogP contribution in [0, 0.1) is 0 Å². The molecule has 3 heteroatoms. The van der Waals surface area contributed by atoms with Crippen LogP contribution in [0.5, 0.6) is 0 Å². The molecule has 70 valence electrons. The molecule has 0 bridgehead atoms. The number of nitrogens with two attached hydrogens (primary N) is 1. The molecule has 0 saturated heterocycles. The Morgan fingerprint density at radius 2 is 2.23 bits per heavy atom. The van der Waals surface area contributed by atoms with Gasteiger partial charge in [0, 0.05) is 10.6 Å². The van der Waals surface area contributed by atoms with E-state index in [-0.39, 0.29) is 5.91 Å². The molecule has 0 aliphatic rings. The third kappa shape index (κ3) is 2.46. The molecule has 1 aromatic rings. The van der Waals surface area contributed by atoms with Crippen LogP contribution in [-0.4, -0.2) is 5.91 Å². The summed E-state index contributed by atoms with van der Waals surface area (Å²) < 4.78 is 0. The van der Waals surface area contributed by atoms with E-state index in [2.05, 4.69) is 0 Å². The van der Waals surface area contributed by atoms with E-state index in [1.807, 2.05) is 6.92 Å². The molecule has 0 aliphatic heterocycles. The molecule has 0 atom stereocenters. The summed E-state index contributed by atoms with van der Waals surface area (Å²) in [6, 6.07) is 5.15. The Labute approximate surface area is 82.7 Å². The number of hydrogen-bond acceptors (Lipinski definition) is 1. The highest BCUT2D eigenvalue weighted by atomic mass is 35.5. The van der Waals surface area contributed by atoms with E-state index in [0.717, 1.165) is 18.4 Å². The summed E-state index contributed by atoms with van der Waals surface area (Å²) in [7, 11) is 0. The highest BCUT2D eigenvalue weighted by Crippen LogP contribution is 2.17. The van der Waals surface area contributed by atoms with Gasteiger partial charge in [0.15, 0.2) is 0 Å². The zero-order chi connectivity index (χ0) is 9.84. The van der Waals surface area contributed by atoms with E-state index in [4.69, 9.17) is 17.3 Å². The molecule has 0 unspecified atom stereocenters. The fraction of sp³-hybridized carbons (Fsp3) is 0.300. The molecule has 0 fully saturated rings. The molecule has 2 N–H and O–H groups in total. The van der Waals surface area contributed by atoms with E-state index < -0.39 is 0 Å². The first-order chi connectivity index (χ1) is 6.15. The number of rotatable bonds is 3. The number of halogens is 1. The fourth-order valence-corrected chi connectivity index (χ4v) is 1.47. The largest absolute Gasteiger partial charge is 0.366 e. The summed E-state index contributed by atoms with van der Waals surface area (Å²) in [6.45, 7) is 2.05. The van der Waals surface area contributed by atoms with Crippen molar-refractivity contribution >= 4 is 17.5 Å². The number of benzene rings is 1. The lowest BCUT2D eigenvalue weighted by molar-refractivity contribution is 0.0999. The Morgan fingerprint density at radius 1 is 1.54 bits per heavy atom. The van der Waals surface area contributed by atoms with Crippen LogP contribution in [0.3, 0.4) is 0 Å². The topological polar surface area (TPSA) is 43.1 Å². The first-order valence-electron chi connectivity index (χ1n) is 4.23. The van der Waals surface area contributed by atoms with Crippen molar-refractivity contribution in [1.29, 1.82) is 0 Å². The van der Waals surface area contributed by atoms with Crippen LogP contribution in [0.1, 0.15) is 29.3 Å². The van der Waals surface area contributed by atoms with Gasteiger partial charge in [-0.3, -0.25) is 4.79 Å². The molecular formula is C10H12ClNO. The van der Waals surface area contributed by atoms with Gasteiger partial charge < -0.3 is 5.73 Å². The second-order valence-electron chi connectivity index (χ2n) is 2.92. The average Bonchev–Trinajstić information content (AvgIpc) is 2.04. The third-order valence-corrected chi connectivity index (χ3v) is 2.09. The van der Waals surface area contributed by atoms with E-state index in [9.17, 15) is 4.79 Å². The quantitative estimate of drug-likeness (QED) is 0.795. The lowest BCUT2D eigenvalue weighted by Crippen LogP contribution is -2.13. The maximum atomic E-state index is 11.0. The molecule has 1 amide bonds. The van der Waals surface area contributed by atoms with E-state index >= 15 is 0 Å². The molecule has 0 aromatic heterocycles. The fourth-order valence-electron chi connectivity index (χ4n) is 1.28. The zero-order valence-electron chi connectivity index (χ0n) is 7.51. The van der Waals surface area contributed by atoms with Crippen molar-refractivity contribution in [2.45, 2.75) is 19.8 Å². The normalized spacial score (nSPS) is 10.0. The van der Waals surface area contributed by atoms with Crippen molar-refractivity contribution in [3.63, 3.8) is 0 Å². The predicted molar refractivity (Wildman–Crippen MR) is 54.0 cm³/mol. The molecule has 0 spiro atoms. The number of amides is 1. The highest BCUT2D eigenvalue weighted by molar-refractivity contribution is 6.30. The molecule has 2 nitrogen and oxygen atoms in total. The smallest absolute Gasteiger partial charge is 0.248 e. The summed E-state index contributed by atoms with van der Waals surface area (Å²) in [5.74, 6) is -0.389. The van der Waals surface area contributed by atoms with Crippen LogP contribution < -0.4 is 5.73 Å². The van der Waals surface area contributed by atoms with Crippen LogP contribution in [0.2, 0.25) is 5.02 Å². The molecule has 13 heavy (non-hydrogen) atoms. The lowest BCUT2D eigenvalue weighted by Gasteiger charge is -2.05. The van der Waals surface area contributed by atoms with Crippen molar-refractivity contribution in [1.82, 2.24) is 0 Å². The summed E-state index contributed by atoms with van der Waals surface area (Å²) in [5, 5.41) is 0.647. The van der Waals surface area contributed by atoms with Gasteiger partial charge in [-0.05, 0) is 30.2 Å². The zero-order valence-corrected chi connectivity index (χ0v) is 8.27. The van der Waals surface area contributed by atoms with Crippen LogP contribution in [0.25, 0.3) is 0 Å². The van der Waals surface area contributed by atoms with Gasteiger partial charge in [0.05, 0.1) is 0 Å². The van der Waals surface area contributed by atoms with E-state index in [1.165, 1.54) is 0 Å². The van der Waals surface area contributed by atoms with Crippen molar-refractivity contribution < 1.29 is 4.79 Å². The van der Waals surface area contributed by atoms with Gasteiger partial charge in [-0.25, -0.2) is 0 Å². The number of hydrogen-bond donors (Lipinski definition) is 1. The Kier molecular flexibility index (Phi) is 3.32. The van der Waals surface area contributed by atoms with Crippen LogP contribution >= 0.6 is 11.6 Å². The standard InChI is InChI=1S/C10H12ClNO/c1-2-3-7-6-8(11)4-5-9(7)10(12)13/h4-6H,2-3H2,1H3,(H2,12,13). The lowest BCUT2D eigenvalue weighted by atomic mass is 10.0. The number of primary amides is 1. The Hall–Kier alpha value is -1.02. The highest BCUT2D eigenvalue weighted by Gasteiger charge is 2.07. The van der Waals surface area contributed by atoms with Crippen molar-refractivity contribution in [3.8, 4) is 0 Å². The maximum absolute atomic E-state index is 11.0. The molecule has 0 heterocycles. The van der Waals surface area contributed by atoms with E-state index in [1.54, 1.807) is 18.2 Å². The first kappa shape index (κ1) is 10.1. The van der Waals surface area contributed by atoms with Crippen LogP contribution in [-0.2, 0) is 6.42 Å². The second kappa shape index (κ2) is 4.28. The van der Waals surface area contributed by atoms with Crippen LogP contribution in [0.4, 0.5) is 0 Å². The van der Waals surface area contributed by atoms with Crippen molar-refractivity contribution in [2.24, 2.45) is 5.73 Å². The Balaban J connectivity index is 3.10. The second-order valence-corrected chi connectivity index (χ2v) is 3.35. The summed E-state index contributed by atoms with van der Waals surface area (Å²) in [5.41, 5.74) is 6.72. The molecule has 0 saturated carbocycles. The minimum absolute atomic E-state index is 0.389. The number of carbonyl (C=O) groups excluding carboxylic acids is 1. The number of carbonyl (C=O) groups is 1. The maximum Gasteiger partial charge on any atom is 0.248 e. The van der Waals surface area contributed by atoms with Gasteiger partial charge >= 0.3 is 0 Å². The van der Waals surface area contributed by atoms with Gasteiger partial charge in [0.2, 0.25) is 5.91 Å². The SMILES string of the molecule is CCCc1cc(Cl)ccc1C(N)=O. The van der Waals surface area contributed by atoms with Crippen molar-refractivity contribution in [3.05, 3.63) is 34.3 Å². The number of aryl methyl sites for hydroxylation is 1. The van der Waals surface area contributed by atoms with E-state index in [0.29, 0.717) is 10.6 Å².